The maximum absolute atomic E-state index is 10.6. The largest absolute Gasteiger partial charge is 0.475 e. The van der Waals surface area contributed by atoms with Crippen molar-refractivity contribution in [2.45, 2.75) is 20.4 Å². The highest BCUT2D eigenvalue weighted by Crippen LogP contribution is 2.22. The Bertz CT molecular complexity index is 344. The summed E-state index contributed by atoms with van der Waals surface area (Å²) < 4.78 is 4.91. The third-order valence-electron chi connectivity index (χ3n) is 2.26. The molecule has 1 rings (SSSR count). The van der Waals surface area contributed by atoms with Gasteiger partial charge in [0.1, 0.15) is 0 Å². The van der Waals surface area contributed by atoms with Crippen molar-refractivity contribution >= 4 is 17.6 Å². The van der Waals surface area contributed by atoms with E-state index in [0.29, 0.717) is 6.54 Å². The zero-order valence-corrected chi connectivity index (χ0v) is 9.54. The molecule has 5 heteroatoms. The number of hydrogen-bond donors (Lipinski definition) is 1. The van der Waals surface area contributed by atoms with Crippen molar-refractivity contribution in [2.24, 2.45) is 0 Å². The third-order valence-corrected chi connectivity index (χ3v) is 2.58. The van der Waals surface area contributed by atoms with E-state index in [1.807, 2.05) is 13.8 Å². The van der Waals surface area contributed by atoms with Crippen molar-refractivity contribution in [1.29, 1.82) is 0 Å². The summed E-state index contributed by atoms with van der Waals surface area (Å²) in [7, 11) is 0. The van der Waals surface area contributed by atoms with Gasteiger partial charge in [-0.25, -0.2) is 4.79 Å². The summed E-state index contributed by atoms with van der Waals surface area (Å²) in [5.74, 6) is -1.20. The number of nitrogens with zero attached hydrogens (tertiary/aromatic N) is 1. The molecule has 4 nitrogen and oxygen atoms in total. The molecule has 1 aromatic rings. The smallest absolute Gasteiger partial charge is 0.371 e. The average Bonchev–Trinajstić information content (AvgIpc) is 2.56. The van der Waals surface area contributed by atoms with E-state index in [-0.39, 0.29) is 11.0 Å². The predicted octanol–water partition coefficient (Wildman–Crippen LogP) is 2.47. The fraction of sp³-hybridized carbons (Fsp3) is 0.500. The molecular weight excluding hydrogens is 218 g/mol. The van der Waals surface area contributed by atoms with E-state index in [9.17, 15) is 4.79 Å². The molecule has 0 spiro atoms. The summed E-state index contributed by atoms with van der Waals surface area (Å²) in [6.45, 7) is 6.47. The zero-order chi connectivity index (χ0) is 11.4. The van der Waals surface area contributed by atoms with E-state index in [4.69, 9.17) is 21.1 Å². The van der Waals surface area contributed by atoms with Gasteiger partial charge in [0.05, 0.1) is 0 Å². The highest BCUT2D eigenvalue weighted by Gasteiger charge is 2.15. The Morgan fingerprint density at radius 2 is 2.13 bits per heavy atom. The second-order valence-electron chi connectivity index (χ2n) is 3.18. The molecule has 0 atom stereocenters. The van der Waals surface area contributed by atoms with E-state index in [2.05, 4.69) is 4.90 Å². The van der Waals surface area contributed by atoms with Gasteiger partial charge in [0.15, 0.2) is 5.22 Å². The summed E-state index contributed by atoms with van der Waals surface area (Å²) in [5, 5.41) is 8.87. The Morgan fingerprint density at radius 3 is 2.53 bits per heavy atom. The molecule has 1 aromatic heterocycles. The number of aromatic carboxylic acids is 1. The molecule has 15 heavy (non-hydrogen) atoms. The van der Waals surface area contributed by atoms with Crippen LogP contribution in [-0.2, 0) is 6.54 Å². The van der Waals surface area contributed by atoms with E-state index in [1.54, 1.807) is 0 Å². The zero-order valence-electron chi connectivity index (χ0n) is 8.79. The third kappa shape index (κ3) is 2.97. The van der Waals surface area contributed by atoms with Crippen LogP contribution in [-0.4, -0.2) is 29.1 Å². The Kier molecular flexibility index (Phi) is 4.17. The molecule has 0 saturated carbocycles. The molecule has 84 valence electrons. The van der Waals surface area contributed by atoms with E-state index in [0.717, 1.165) is 18.7 Å². The lowest BCUT2D eigenvalue weighted by molar-refractivity contribution is 0.0662. The lowest BCUT2D eigenvalue weighted by atomic mass is 10.3. The van der Waals surface area contributed by atoms with E-state index in [1.165, 1.54) is 6.07 Å². The Hall–Kier alpha value is -1.00. The molecule has 0 aliphatic heterocycles. The van der Waals surface area contributed by atoms with E-state index < -0.39 is 5.97 Å². The minimum atomic E-state index is -1.09. The van der Waals surface area contributed by atoms with Crippen LogP contribution >= 0.6 is 11.6 Å². The molecule has 1 heterocycles. The van der Waals surface area contributed by atoms with Crippen LogP contribution in [0.15, 0.2) is 10.5 Å². The maximum atomic E-state index is 10.6. The normalized spacial score (nSPS) is 10.9. The predicted molar refractivity (Wildman–Crippen MR) is 57.3 cm³/mol. The number of rotatable bonds is 5. The first-order valence-electron chi connectivity index (χ1n) is 4.82. The molecule has 0 radical (unpaired) electrons. The molecule has 0 aromatic carbocycles. The summed E-state index contributed by atoms with van der Waals surface area (Å²) in [6.07, 6.45) is 0. The first-order chi connectivity index (χ1) is 7.08. The summed E-state index contributed by atoms with van der Waals surface area (Å²) in [5.41, 5.74) is 0.720. The second kappa shape index (κ2) is 5.19. The summed E-state index contributed by atoms with van der Waals surface area (Å²) in [6, 6.07) is 1.48. The van der Waals surface area contributed by atoms with Gasteiger partial charge >= 0.3 is 5.97 Å². The van der Waals surface area contributed by atoms with Crippen LogP contribution in [0.25, 0.3) is 0 Å². The molecule has 0 bridgehead atoms. The molecular formula is C10H14ClNO3. The quantitative estimate of drug-likeness (QED) is 0.846. The van der Waals surface area contributed by atoms with Crippen molar-refractivity contribution < 1.29 is 14.3 Å². The molecule has 0 unspecified atom stereocenters. The number of carbonyl (C=O) groups is 1. The SMILES string of the molecule is CCN(CC)Cc1cc(C(=O)O)oc1Cl. The van der Waals surface area contributed by atoms with Gasteiger partial charge in [-0.15, -0.1) is 0 Å². The fourth-order valence-electron chi connectivity index (χ4n) is 1.31. The number of carboxylic acid groups (broad SMARTS) is 1. The highest BCUT2D eigenvalue weighted by atomic mass is 35.5. The van der Waals surface area contributed by atoms with Gasteiger partial charge in [-0.3, -0.25) is 4.90 Å². The van der Waals surface area contributed by atoms with Crippen molar-refractivity contribution in [2.75, 3.05) is 13.1 Å². The van der Waals surface area contributed by atoms with Crippen LogP contribution in [0, 0.1) is 0 Å². The fourth-order valence-corrected chi connectivity index (χ4v) is 1.51. The average molecular weight is 232 g/mol. The molecule has 0 fully saturated rings. The van der Waals surface area contributed by atoms with Crippen molar-refractivity contribution in [1.82, 2.24) is 4.90 Å². The Labute approximate surface area is 93.4 Å². The lowest BCUT2D eigenvalue weighted by Gasteiger charge is -2.16. The number of halogens is 1. The lowest BCUT2D eigenvalue weighted by Crippen LogP contribution is -2.21. The minimum absolute atomic E-state index is 0.109. The monoisotopic (exact) mass is 231 g/mol. The first kappa shape index (κ1) is 12.1. The van der Waals surface area contributed by atoms with Gasteiger partial charge in [-0.1, -0.05) is 13.8 Å². The van der Waals surface area contributed by atoms with Crippen molar-refractivity contribution in [3.63, 3.8) is 0 Å². The Morgan fingerprint density at radius 1 is 1.53 bits per heavy atom. The highest BCUT2D eigenvalue weighted by molar-refractivity contribution is 6.29. The maximum Gasteiger partial charge on any atom is 0.371 e. The van der Waals surface area contributed by atoms with Crippen LogP contribution < -0.4 is 0 Å². The van der Waals surface area contributed by atoms with Crippen LogP contribution in [0.3, 0.4) is 0 Å². The van der Waals surface area contributed by atoms with Crippen LogP contribution in [0.2, 0.25) is 5.22 Å². The minimum Gasteiger partial charge on any atom is -0.475 e. The van der Waals surface area contributed by atoms with Gasteiger partial charge in [-0.2, -0.15) is 0 Å². The topological polar surface area (TPSA) is 53.7 Å². The van der Waals surface area contributed by atoms with Gasteiger partial charge in [0.25, 0.3) is 0 Å². The van der Waals surface area contributed by atoms with Crippen LogP contribution in [0.4, 0.5) is 0 Å². The number of hydrogen-bond acceptors (Lipinski definition) is 3. The molecule has 0 saturated heterocycles. The molecule has 1 N–H and O–H groups in total. The van der Waals surface area contributed by atoms with Gasteiger partial charge in [-0.05, 0) is 30.8 Å². The van der Waals surface area contributed by atoms with E-state index >= 15 is 0 Å². The summed E-state index contributed by atoms with van der Waals surface area (Å²) >= 11 is 5.79. The van der Waals surface area contributed by atoms with Crippen LogP contribution in [0.1, 0.15) is 30.0 Å². The van der Waals surface area contributed by atoms with Gasteiger partial charge < -0.3 is 9.52 Å². The van der Waals surface area contributed by atoms with Gasteiger partial charge in [0, 0.05) is 12.1 Å². The van der Waals surface area contributed by atoms with Crippen molar-refractivity contribution in [3.05, 3.63) is 22.6 Å². The number of carboxylic acids is 1. The number of furan rings is 1. The molecule has 0 amide bonds. The first-order valence-corrected chi connectivity index (χ1v) is 5.20. The molecule has 0 aliphatic carbocycles. The standard InChI is InChI=1S/C10H14ClNO3/c1-3-12(4-2)6-7-5-8(10(13)14)15-9(7)11/h5H,3-4,6H2,1-2H3,(H,13,14). The molecule has 0 aliphatic rings. The summed E-state index contributed by atoms with van der Waals surface area (Å²) in [4.78, 5) is 12.8. The van der Waals surface area contributed by atoms with Crippen LogP contribution in [0.5, 0.6) is 0 Å². The Balaban J connectivity index is 2.81. The van der Waals surface area contributed by atoms with Crippen molar-refractivity contribution in [3.8, 4) is 0 Å². The second-order valence-corrected chi connectivity index (χ2v) is 3.52. The van der Waals surface area contributed by atoms with Gasteiger partial charge in [0.2, 0.25) is 5.76 Å².